The maximum Gasteiger partial charge on any atom is 0.203 e. The number of benzene rings is 1. The Kier molecular flexibility index (Phi) is 7.02. The van der Waals surface area contributed by atoms with E-state index in [1.54, 1.807) is 26.4 Å². The van der Waals surface area contributed by atoms with E-state index in [1.807, 2.05) is 6.07 Å². The minimum atomic E-state index is -0.749. The van der Waals surface area contributed by atoms with E-state index in [0.29, 0.717) is 36.9 Å². The van der Waals surface area contributed by atoms with Gasteiger partial charge in [-0.1, -0.05) is 6.07 Å². The van der Waals surface area contributed by atoms with Crippen LogP contribution in [0, 0.1) is 0 Å². The SMILES string of the molecule is COc1cccc(OC)c1OCCNCC(O)CO. The van der Waals surface area contributed by atoms with Crippen molar-refractivity contribution in [2.75, 3.05) is 40.5 Å². The summed E-state index contributed by atoms with van der Waals surface area (Å²) in [4.78, 5) is 0. The standard InChI is InChI=1S/C13H21NO5/c1-17-11-4-3-5-12(18-2)13(11)19-7-6-14-8-10(16)9-15/h3-5,10,14-16H,6-9H2,1-2H3. The lowest BCUT2D eigenvalue weighted by molar-refractivity contribution is 0.0936. The zero-order valence-electron chi connectivity index (χ0n) is 11.3. The van der Waals surface area contributed by atoms with Crippen molar-refractivity contribution in [1.29, 1.82) is 0 Å². The van der Waals surface area contributed by atoms with Crippen molar-refractivity contribution in [3.63, 3.8) is 0 Å². The molecule has 19 heavy (non-hydrogen) atoms. The summed E-state index contributed by atoms with van der Waals surface area (Å²) in [6.07, 6.45) is -0.749. The van der Waals surface area contributed by atoms with E-state index in [2.05, 4.69) is 5.32 Å². The summed E-state index contributed by atoms with van der Waals surface area (Å²) in [5.41, 5.74) is 0. The maximum absolute atomic E-state index is 9.15. The first-order chi connectivity index (χ1) is 9.22. The summed E-state index contributed by atoms with van der Waals surface area (Å²) >= 11 is 0. The van der Waals surface area contributed by atoms with Gasteiger partial charge < -0.3 is 29.7 Å². The van der Waals surface area contributed by atoms with Gasteiger partial charge in [0, 0.05) is 13.1 Å². The molecule has 108 valence electrons. The Morgan fingerprint density at radius 3 is 2.37 bits per heavy atom. The summed E-state index contributed by atoms with van der Waals surface area (Å²) in [5.74, 6) is 1.77. The van der Waals surface area contributed by atoms with Crippen molar-refractivity contribution in [1.82, 2.24) is 5.32 Å². The second-order valence-electron chi connectivity index (χ2n) is 3.88. The van der Waals surface area contributed by atoms with Crippen LogP contribution in [0.5, 0.6) is 17.2 Å². The van der Waals surface area contributed by atoms with Crippen LogP contribution in [0.4, 0.5) is 0 Å². The Bertz CT molecular complexity index is 350. The van der Waals surface area contributed by atoms with Crippen LogP contribution in [-0.4, -0.2) is 56.8 Å². The number of ether oxygens (including phenoxy) is 3. The molecule has 0 aliphatic carbocycles. The topological polar surface area (TPSA) is 80.2 Å². The lowest BCUT2D eigenvalue weighted by Crippen LogP contribution is -2.32. The number of hydrogen-bond donors (Lipinski definition) is 3. The van der Waals surface area contributed by atoms with Gasteiger partial charge in [0.1, 0.15) is 6.61 Å². The van der Waals surface area contributed by atoms with Gasteiger partial charge in [-0.15, -0.1) is 0 Å². The molecule has 0 bridgehead atoms. The van der Waals surface area contributed by atoms with Gasteiger partial charge in [0.05, 0.1) is 26.9 Å². The molecule has 0 saturated carbocycles. The zero-order valence-corrected chi connectivity index (χ0v) is 11.3. The molecule has 0 fully saturated rings. The molecule has 0 aliphatic rings. The summed E-state index contributed by atoms with van der Waals surface area (Å²) in [7, 11) is 3.13. The smallest absolute Gasteiger partial charge is 0.203 e. The Balaban J connectivity index is 2.44. The Morgan fingerprint density at radius 2 is 1.84 bits per heavy atom. The number of hydrogen-bond acceptors (Lipinski definition) is 6. The third kappa shape index (κ3) is 4.94. The van der Waals surface area contributed by atoms with E-state index in [0.717, 1.165) is 0 Å². The van der Waals surface area contributed by atoms with Crippen LogP contribution in [0.3, 0.4) is 0 Å². The molecule has 1 rings (SSSR count). The predicted octanol–water partition coefficient (Wildman–Crippen LogP) is 0.0254. The molecule has 3 N–H and O–H groups in total. The number of rotatable bonds is 9. The number of aliphatic hydroxyl groups is 2. The average molecular weight is 271 g/mol. The zero-order chi connectivity index (χ0) is 14.1. The van der Waals surface area contributed by atoms with E-state index < -0.39 is 6.10 Å². The fourth-order valence-corrected chi connectivity index (χ4v) is 1.52. The average Bonchev–Trinajstić information content (AvgIpc) is 2.46. The Labute approximate surface area is 112 Å². The number of nitrogens with one attached hydrogen (secondary N) is 1. The van der Waals surface area contributed by atoms with Gasteiger partial charge in [0.15, 0.2) is 11.5 Å². The van der Waals surface area contributed by atoms with Gasteiger partial charge in [-0.05, 0) is 12.1 Å². The first-order valence-electron chi connectivity index (χ1n) is 6.06. The van der Waals surface area contributed by atoms with Gasteiger partial charge in [-0.2, -0.15) is 0 Å². The predicted molar refractivity (Wildman–Crippen MR) is 71.0 cm³/mol. The van der Waals surface area contributed by atoms with Crippen molar-refractivity contribution in [2.45, 2.75) is 6.10 Å². The van der Waals surface area contributed by atoms with Gasteiger partial charge >= 0.3 is 0 Å². The van der Waals surface area contributed by atoms with Crippen molar-refractivity contribution in [2.24, 2.45) is 0 Å². The highest BCUT2D eigenvalue weighted by Gasteiger charge is 2.10. The highest BCUT2D eigenvalue weighted by atomic mass is 16.5. The Hall–Kier alpha value is -1.50. The molecule has 0 heterocycles. The molecule has 6 heteroatoms. The largest absolute Gasteiger partial charge is 0.493 e. The lowest BCUT2D eigenvalue weighted by Gasteiger charge is -2.14. The minimum Gasteiger partial charge on any atom is -0.493 e. The fraction of sp³-hybridized carbons (Fsp3) is 0.538. The number of aliphatic hydroxyl groups excluding tert-OH is 2. The van der Waals surface area contributed by atoms with Crippen molar-refractivity contribution < 1.29 is 24.4 Å². The minimum absolute atomic E-state index is 0.256. The van der Waals surface area contributed by atoms with E-state index in [9.17, 15) is 0 Å². The van der Waals surface area contributed by atoms with Crippen molar-refractivity contribution in [3.8, 4) is 17.2 Å². The van der Waals surface area contributed by atoms with Gasteiger partial charge in [0.2, 0.25) is 5.75 Å². The second kappa shape index (κ2) is 8.58. The molecule has 0 amide bonds. The molecule has 0 aromatic heterocycles. The molecule has 1 aromatic carbocycles. The fourth-order valence-electron chi connectivity index (χ4n) is 1.52. The van der Waals surface area contributed by atoms with E-state index in [4.69, 9.17) is 24.4 Å². The van der Waals surface area contributed by atoms with Crippen LogP contribution >= 0.6 is 0 Å². The molecular formula is C13H21NO5. The van der Waals surface area contributed by atoms with E-state index >= 15 is 0 Å². The molecule has 0 aliphatic heterocycles. The van der Waals surface area contributed by atoms with Crippen LogP contribution in [-0.2, 0) is 0 Å². The van der Waals surface area contributed by atoms with Gasteiger partial charge in [-0.3, -0.25) is 0 Å². The first-order valence-corrected chi connectivity index (χ1v) is 6.06. The molecule has 1 unspecified atom stereocenters. The summed E-state index contributed by atoms with van der Waals surface area (Å²) in [6.45, 7) is 1.00. The molecule has 0 radical (unpaired) electrons. The van der Waals surface area contributed by atoms with Crippen LogP contribution < -0.4 is 19.5 Å². The highest BCUT2D eigenvalue weighted by molar-refractivity contribution is 5.51. The summed E-state index contributed by atoms with van der Waals surface area (Å²) in [5, 5.41) is 20.8. The highest BCUT2D eigenvalue weighted by Crippen LogP contribution is 2.36. The molecule has 0 saturated heterocycles. The quantitative estimate of drug-likeness (QED) is 0.550. The number of methoxy groups -OCH3 is 2. The Morgan fingerprint density at radius 1 is 1.21 bits per heavy atom. The number of para-hydroxylation sites is 1. The maximum atomic E-state index is 9.15. The van der Waals surface area contributed by atoms with Crippen molar-refractivity contribution >= 4 is 0 Å². The third-order valence-corrected chi connectivity index (χ3v) is 2.50. The summed E-state index contributed by atoms with van der Waals surface area (Å²) < 4.78 is 16.0. The van der Waals surface area contributed by atoms with Crippen molar-refractivity contribution in [3.05, 3.63) is 18.2 Å². The van der Waals surface area contributed by atoms with E-state index in [-0.39, 0.29) is 6.61 Å². The van der Waals surface area contributed by atoms with Crippen LogP contribution in [0.15, 0.2) is 18.2 Å². The molecule has 6 nitrogen and oxygen atoms in total. The molecular weight excluding hydrogens is 250 g/mol. The second-order valence-corrected chi connectivity index (χ2v) is 3.88. The molecule has 1 atom stereocenters. The third-order valence-electron chi connectivity index (χ3n) is 2.50. The van der Waals surface area contributed by atoms with Crippen LogP contribution in [0.2, 0.25) is 0 Å². The first kappa shape index (κ1) is 15.6. The van der Waals surface area contributed by atoms with Gasteiger partial charge in [0.25, 0.3) is 0 Å². The monoisotopic (exact) mass is 271 g/mol. The molecule has 1 aromatic rings. The lowest BCUT2D eigenvalue weighted by atomic mass is 10.3. The van der Waals surface area contributed by atoms with Gasteiger partial charge in [-0.25, -0.2) is 0 Å². The normalized spacial score (nSPS) is 12.0. The summed E-state index contributed by atoms with van der Waals surface area (Å²) in [6, 6.07) is 5.40. The molecule has 0 spiro atoms. The van der Waals surface area contributed by atoms with E-state index in [1.165, 1.54) is 0 Å². The van der Waals surface area contributed by atoms with Crippen LogP contribution in [0.25, 0.3) is 0 Å². The van der Waals surface area contributed by atoms with Crippen LogP contribution in [0.1, 0.15) is 0 Å².